The van der Waals surface area contributed by atoms with Crippen molar-refractivity contribution in [3.05, 3.63) is 52.6 Å². The molecule has 2 aromatic carbocycles. The van der Waals surface area contributed by atoms with Gasteiger partial charge < -0.3 is 15.3 Å². The topological polar surface area (TPSA) is 60.7 Å². The summed E-state index contributed by atoms with van der Waals surface area (Å²) < 4.78 is 0. The molecule has 0 saturated heterocycles. The van der Waals surface area contributed by atoms with Gasteiger partial charge in [-0.3, -0.25) is 0 Å². The van der Waals surface area contributed by atoms with Crippen LogP contribution in [0.2, 0.25) is 0 Å². The second kappa shape index (κ2) is 4.42. The fraction of sp³-hybridized carbons (Fsp3) is 0.333. The summed E-state index contributed by atoms with van der Waals surface area (Å²) in [5, 5.41) is 29.3. The van der Waals surface area contributed by atoms with Crippen molar-refractivity contribution >= 4 is 0 Å². The van der Waals surface area contributed by atoms with Crippen LogP contribution >= 0.6 is 0 Å². The van der Waals surface area contributed by atoms with E-state index in [2.05, 4.69) is 0 Å². The third-order valence-corrected chi connectivity index (χ3v) is 5.07. The summed E-state index contributed by atoms with van der Waals surface area (Å²) in [5.74, 6) is 1.09. The molecule has 3 heteroatoms. The molecule has 2 aromatic rings. The molecule has 2 aliphatic rings. The van der Waals surface area contributed by atoms with Crippen LogP contribution in [-0.4, -0.2) is 15.3 Å². The molecule has 2 unspecified atom stereocenters. The highest BCUT2D eigenvalue weighted by Crippen LogP contribution is 2.49. The van der Waals surface area contributed by atoms with Gasteiger partial charge in [0.05, 0.1) is 0 Å². The van der Waals surface area contributed by atoms with Gasteiger partial charge in [0.2, 0.25) is 0 Å². The van der Waals surface area contributed by atoms with Gasteiger partial charge in [-0.1, -0.05) is 6.07 Å². The second-order valence-corrected chi connectivity index (χ2v) is 6.24. The van der Waals surface area contributed by atoms with E-state index in [1.54, 1.807) is 18.2 Å². The molecule has 4 rings (SSSR count). The molecule has 0 fully saturated rings. The minimum atomic E-state index is -0.0414. The van der Waals surface area contributed by atoms with Crippen molar-refractivity contribution in [3.63, 3.8) is 0 Å². The lowest BCUT2D eigenvalue weighted by Gasteiger charge is -2.39. The Bertz CT molecular complexity index is 721. The van der Waals surface area contributed by atoms with Crippen LogP contribution in [0, 0.1) is 5.92 Å². The number of hydrogen-bond donors (Lipinski definition) is 3. The molecule has 0 spiro atoms. The molecule has 0 aromatic heterocycles. The molecule has 0 saturated carbocycles. The van der Waals surface area contributed by atoms with Crippen LogP contribution in [0.1, 0.15) is 41.0 Å². The highest BCUT2D eigenvalue weighted by atomic mass is 16.3. The molecule has 0 bridgehead atoms. The predicted octanol–water partition coefficient (Wildman–Crippen LogP) is 3.44. The number of hydrogen-bond acceptors (Lipinski definition) is 3. The average molecular weight is 282 g/mol. The van der Waals surface area contributed by atoms with E-state index in [9.17, 15) is 15.3 Å². The maximum absolute atomic E-state index is 9.87. The Morgan fingerprint density at radius 1 is 0.762 bits per heavy atom. The lowest BCUT2D eigenvalue weighted by atomic mass is 9.65. The van der Waals surface area contributed by atoms with E-state index in [1.807, 2.05) is 12.1 Å². The monoisotopic (exact) mass is 282 g/mol. The fourth-order valence-corrected chi connectivity index (χ4v) is 4.09. The van der Waals surface area contributed by atoms with Crippen LogP contribution in [0.5, 0.6) is 17.2 Å². The molecular weight excluding hydrogens is 264 g/mol. The van der Waals surface area contributed by atoms with Gasteiger partial charge in [0.15, 0.2) is 11.5 Å². The molecule has 2 atom stereocenters. The van der Waals surface area contributed by atoms with Crippen molar-refractivity contribution in [2.75, 3.05) is 0 Å². The fourth-order valence-electron chi connectivity index (χ4n) is 4.09. The van der Waals surface area contributed by atoms with Crippen LogP contribution in [0.15, 0.2) is 30.3 Å². The Balaban J connectivity index is 1.91. The van der Waals surface area contributed by atoms with E-state index in [1.165, 1.54) is 11.1 Å². The van der Waals surface area contributed by atoms with Crippen molar-refractivity contribution in [2.45, 2.75) is 31.6 Å². The van der Waals surface area contributed by atoms with Crippen molar-refractivity contribution in [1.82, 2.24) is 0 Å². The maximum Gasteiger partial charge on any atom is 0.157 e. The Hall–Kier alpha value is -2.16. The third kappa shape index (κ3) is 1.88. The number of aryl methyl sites for hydroxylation is 2. The van der Waals surface area contributed by atoms with Gasteiger partial charge in [0, 0.05) is 5.92 Å². The summed E-state index contributed by atoms with van der Waals surface area (Å²) in [5.41, 5.74) is 4.73. The molecular formula is C18H18O3. The molecule has 0 amide bonds. The first-order valence-corrected chi connectivity index (χ1v) is 7.50. The summed E-state index contributed by atoms with van der Waals surface area (Å²) in [6.45, 7) is 0. The first kappa shape index (κ1) is 12.6. The maximum atomic E-state index is 9.87. The highest BCUT2D eigenvalue weighted by Gasteiger charge is 2.35. The number of fused-ring (bicyclic) bond motifs is 5. The largest absolute Gasteiger partial charge is 0.508 e. The van der Waals surface area contributed by atoms with E-state index >= 15 is 0 Å². The van der Waals surface area contributed by atoms with Crippen LogP contribution in [0.25, 0.3) is 0 Å². The molecule has 0 radical (unpaired) electrons. The van der Waals surface area contributed by atoms with Crippen molar-refractivity contribution in [1.29, 1.82) is 0 Å². The minimum absolute atomic E-state index is 0.0334. The van der Waals surface area contributed by atoms with Gasteiger partial charge in [0.25, 0.3) is 0 Å². The quantitative estimate of drug-likeness (QED) is 0.649. The van der Waals surface area contributed by atoms with Crippen molar-refractivity contribution < 1.29 is 15.3 Å². The van der Waals surface area contributed by atoms with E-state index in [0.717, 1.165) is 36.8 Å². The molecule has 21 heavy (non-hydrogen) atoms. The van der Waals surface area contributed by atoms with Gasteiger partial charge in [-0.25, -0.2) is 0 Å². The zero-order valence-corrected chi connectivity index (χ0v) is 11.7. The first-order valence-electron chi connectivity index (χ1n) is 7.50. The number of phenols is 3. The summed E-state index contributed by atoms with van der Waals surface area (Å²) >= 11 is 0. The smallest absolute Gasteiger partial charge is 0.157 e. The molecule has 3 nitrogen and oxygen atoms in total. The Labute approximate surface area is 123 Å². The Kier molecular flexibility index (Phi) is 2.64. The number of aromatic hydroxyl groups is 3. The molecule has 108 valence electrons. The van der Waals surface area contributed by atoms with Crippen molar-refractivity contribution in [3.8, 4) is 17.2 Å². The number of phenolic OH excluding ortho intramolecular Hbond substituents is 3. The van der Waals surface area contributed by atoms with E-state index < -0.39 is 0 Å². The molecule has 0 aliphatic heterocycles. The molecule has 3 N–H and O–H groups in total. The number of rotatable bonds is 0. The van der Waals surface area contributed by atoms with Crippen LogP contribution in [0.4, 0.5) is 0 Å². The number of benzene rings is 2. The van der Waals surface area contributed by atoms with Gasteiger partial charge >= 0.3 is 0 Å². The summed E-state index contributed by atoms with van der Waals surface area (Å²) in [6.07, 6.45) is 4.19. The SMILES string of the molecule is Oc1ccc2c(c1)CCC1CCc3cc(O)c(O)cc3C21. The summed E-state index contributed by atoms with van der Waals surface area (Å²) in [6, 6.07) is 9.05. The van der Waals surface area contributed by atoms with Crippen LogP contribution < -0.4 is 0 Å². The van der Waals surface area contributed by atoms with Crippen LogP contribution in [0.3, 0.4) is 0 Å². The minimum Gasteiger partial charge on any atom is -0.508 e. The second-order valence-electron chi connectivity index (χ2n) is 6.24. The normalized spacial score (nSPS) is 23.0. The first-order chi connectivity index (χ1) is 10.1. The predicted molar refractivity (Wildman–Crippen MR) is 79.9 cm³/mol. The summed E-state index contributed by atoms with van der Waals surface area (Å²) in [7, 11) is 0. The van der Waals surface area contributed by atoms with E-state index in [0.29, 0.717) is 11.7 Å². The van der Waals surface area contributed by atoms with Gasteiger partial charge in [-0.15, -0.1) is 0 Å². The molecule has 2 aliphatic carbocycles. The zero-order valence-electron chi connectivity index (χ0n) is 11.7. The van der Waals surface area contributed by atoms with Crippen LogP contribution in [-0.2, 0) is 12.8 Å². The van der Waals surface area contributed by atoms with Crippen molar-refractivity contribution in [2.24, 2.45) is 5.92 Å². The average Bonchev–Trinajstić information content (AvgIpc) is 2.47. The highest BCUT2D eigenvalue weighted by molar-refractivity contribution is 5.53. The third-order valence-electron chi connectivity index (χ3n) is 5.07. The van der Waals surface area contributed by atoms with E-state index in [-0.39, 0.29) is 17.4 Å². The molecule has 0 heterocycles. The lowest BCUT2D eigenvalue weighted by Crippen LogP contribution is -2.26. The van der Waals surface area contributed by atoms with Gasteiger partial charge in [0.1, 0.15) is 5.75 Å². The van der Waals surface area contributed by atoms with Gasteiger partial charge in [-0.05, 0) is 78.1 Å². The zero-order chi connectivity index (χ0) is 14.6. The lowest BCUT2D eigenvalue weighted by molar-refractivity contribution is 0.355. The Morgan fingerprint density at radius 2 is 1.43 bits per heavy atom. The van der Waals surface area contributed by atoms with Gasteiger partial charge in [-0.2, -0.15) is 0 Å². The standard InChI is InChI=1S/C18H18O3/c19-13-5-6-14-11(7-13)3-1-10-2-4-12-8-16(20)17(21)9-15(12)18(10)14/h5-10,18-21H,1-4H2. The Morgan fingerprint density at radius 3 is 2.19 bits per heavy atom. The summed E-state index contributed by atoms with van der Waals surface area (Å²) in [4.78, 5) is 0. The van der Waals surface area contributed by atoms with E-state index in [4.69, 9.17) is 0 Å².